The van der Waals surface area contributed by atoms with Crippen LogP contribution in [-0.4, -0.2) is 30.7 Å². The van der Waals surface area contributed by atoms with Crippen LogP contribution in [0.3, 0.4) is 0 Å². The number of halogens is 4. The summed E-state index contributed by atoms with van der Waals surface area (Å²) in [6, 6.07) is 0. The van der Waals surface area contributed by atoms with Gasteiger partial charge in [-0.05, 0) is 25.7 Å². The number of hydrogen-bond donors (Lipinski definition) is 0. The van der Waals surface area contributed by atoms with Gasteiger partial charge in [0, 0.05) is 0 Å². The van der Waals surface area contributed by atoms with Gasteiger partial charge in [-0.1, -0.05) is 53.4 Å². The van der Waals surface area contributed by atoms with E-state index in [9.17, 15) is 0 Å². The minimum absolute atomic E-state index is 0. The van der Waals surface area contributed by atoms with Gasteiger partial charge in [0.2, 0.25) is 0 Å². The maximum atomic E-state index is 2.33. The van der Waals surface area contributed by atoms with Crippen LogP contribution in [0.15, 0.2) is 0 Å². The summed E-state index contributed by atoms with van der Waals surface area (Å²) in [6.07, 6.45) is 11.1. The van der Waals surface area contributed by atoms with E-state index in [1.165, 1.54) is 82.0 Å². The largest absolute Gasteiger partial charge is 3.00 e. The molecule has 0 N–H and O–H groups in total. The van der Waals surface area contributed by atoms with Gasteiger partial charge in [0.1, 0.15) is 0 Å². The van der Waals surface area contributed by atoms with Crippen molar-refractivity contribution in [2.24, 2.45) is 0 Å². The molecule has 0 aromatic rings. The number of quaternary nitrogens is 1. The normalized spacial score (nSPS) is 9.27. The van der Waals surface area contributed by atoms with E-state index < -0.39 is 0 Å². The standard InChI is InChI=1S/C16H36N.4ClH.Fe/c1-5-9-13-17(14-10-6-2,15-11-7-3)16-12-8-4;;;;;/h5-16H2,1-4H3;4*1H;/q+1;;;;;+3/p-4. The summed E-state index contributed by atoms with van der Waals surface area (Å²) in [4.78, 5) is 0. The molecule has 6 heteroatoms. The fourth-order valence-corrected chi connectivity index (χ4v) is 2.64. The third-order valence-electron chi connectivity index (χ3n) is 3.94. The van der Waals surface area contributed by atoms with Gasteiger partial charge in [0.15, 0.2) is 0 Å². The van der Waals surface area contributed by atoms with E-state index in [1.807, 2.05) is 0 Å². The Hall–Kier alpha value is 1.64. The molecule has 1 radical (unpaired) electrons. The third kappa shape index (κ3) is 19.7. The second-order valence-electron chi connectivity index (χ2n) is 5.65. The predicted molar refractivity (Wildman–Crippen MR) is 79.4 cm³/mol. The molecule has 0 aliphatic rings. The third-order valence-corrected chi connectivity index (χ3v) is 3.94. The molecule has 0 atom stereocenters. The topological polar surface area (TPSA) is 0 Å². The van der Waals surface area contributed by atoms with Gasteiger partial charge in [-0.3, -0.25) is 0 Å². The van der Waals surface area contributed by atoms with Crippen molar-refractivity contribution < 1.29 is 71.2 Å². The van der Waals surface area contributed by atoms with Crippen LogP contribution in [0.4, 0.5) is 0 Å². The first-order valence-electron chi connectivity index (χ1n) is 8.09. The molecule has 0 saturated carbocycles. The van der Waals surface area contributed by atoms with Crippen LogP contribution in [0.1, 0.15) is 79.1 Å². The Balaban J connectivity index is -0.000000128. The van der Waals surface area contributed by atoms with Gasteiger partial charge in [0.25, 0.3) is 0 Å². The van der Waals surface area contributed by atoms with Crippen molar-refractivity contribution in [1.29, 1.82) is 0 Å². The molecule has 0 unspecified atom stereocenters. The summed E-state index contributed by atoms with van der Waals surface area (Å²) in [5.74, 6) is 0. The molecule has 22 heavy (non-hydrogen) atoms. The molecular formula is C16H36Cl4FeN. The summed E-state index contributed by atoms with van der Waals surface area (Å²) in [5.41, 5.74) is 0. The SMILES string of the molecule is CCCC[N+](CCCC)(CCCC)CCCC.[Cl-].[Cl-].[Cl-].[Cl-].[Fe+3]. The second kappa shape index (κ2) is 27.5. The zero-order valence-corrected chi connectivity index (χ0v) is 18.9. The predicted octanol–water partition coefficient (Wildman–Crippen LogP) is -6.98. The molecular weight excluding hydrogens is 404 g/mol. The minimum atomic E-state index is 0. The average molecular weight is 440 g/mol. The van der Waals surface area contributed by atoms with Crippen LogP contribution in [0.25, 0.3) is 0 Å². The number of nitrogens with zero attached hydrogens (tertiary/aromatic N) is 1. The van der Waals surface area contributed by atoms with Gasteiger partial charge in [-0.2, -0.15) is 0 Å². The van der Waals surface area contributed by atoms with Crippen LogP contribution >= 0.6 is 0 Å². The Labute approximate surface area is 175 Å². The Morgan fingerprint density at radius 3 is 0.773 bits per heavy atom. The van der Waals surface area contributed by atoms with E-state index in [-0.39, 0.29) is 66.7 Å². The Morgan fingerprint density at radius 1 is 0.455 bits per heavy atom. The van der Waals surface area contributed by atoms with Crippen molar-refractivity contribution >= 4 is 0 Å². The van der Waals surface area contributed by atoms with Crippen molar-refractivity contribution in [2.75, 3.05) is 26.2 Å². The second-order valence-corrected chi connectivity index (χ2v) is 5.65. The Bertz CT molecular complexity index is 137. The quantitative estimate of drug-likeness (QED) is 0.209. The number of unbranched alkanes of at least 4 members (excludes halogenated alkanes) is 4. The van der Waals surface area contributed by atoms with E-state index in [2.05, 4.69) is 27.7 Å². The smallest absolute Gasteiger partial charge is 1.00 e. The van der Waals surface area contributed by atoms with E-state index in [0.29, 0.717) is 0 Å². The first-order valence-corrected chi connectivity index (χ1v) is 8.09. The molecule has 0 aromatic carbocycles. The van der Waals surface area contributed by atoms with E-state index in [1.54, 1.807) is 0 Å². The molecule has 0 fully saturated rings. The number of rotatable bonds is 12. The molecule has 0 aliphatic heterocycles. The molecule has 0 spiro atoms. The zero-order valence-electron chi connectivity index (χ0n) is 14.8. The van der Waals surface area contributed by atoms with Gasteiger partial charge in [0.05, 0.1) is 26.2 Å². The summed E-state index contributed by atoms with van der Waals surface area (Å²) in [5, 5.41) is 0. The molecule has 0 rings (SSSR count). The first kappa shape index (κ1) is 38.9. The molecule has 0 aliphatic carbocycles. The van der Waals surface area contributed by atoms with Crippen LogP contribution in [0.5, 0.6) is 0 Å². The van der Waals surface area contributed by atoms with E-state index in [4.69, 9.17) is 0 Å². The Kier molecular flexibility index (Phi) is 48.6. The van der Waals surface area contributed by atoms with E-state index in [0.717, 1.165) is 0 Å². The van der Waals surface area contributed by atoms with Gasteiger partial charge in [-0.15, -0.1) is 0 Å². The van der Waals surface area contributed by atoms with E-state index >= 15 is 0 Å². The van der Waals surface area contributed by atoms with Gasteiger partial charge in [-0.25, -0.2) is 0 Å². The average Bonchev–Trinajstić information content (AvgIpc) is 2.37. The summed E-state index contributed by atoms with van der Waals surface area (Å²) in [7, 11) is 0. The molecule has 141 valence electrons. The minimum Gasteiger partial charge on any atom is -1.00 e. The molecule has 0 aromatic heterocycles. The van der Waals surface area contributed by atoms with Crippen LogP contribution in [0, 0.1) is 0 Å². The van der Waals surface area contributed by atoms with Crippen LogP contribution in [0.2, 0.25) is 0 Å². The van der Waals surface area contributed by atoms with Crippen molar-refractivity contribution in [1.82, 2.24) is 0 Å². The first-order chi connectivity index (χ1) is 8.24. The zero-order chi connectivity index (χ0) is 13.0. The van der Waals surface area contributed by atoms with Gasteiger partial charge < -0.3 is 54.1 Å². The molecule has 0 heterocycles. The molecule has 1 nitrogen and oxygen atoms in total. The van der Waals surface area contributed by atoms with Crippen molar-refractivity contribution in [3.05, 3.63) is 0 Å². The Morgan fingerprint density at radius 2 is 0.636 bits per heavy atom. The van der Waals surface area contributed by atoms with Crippen molar-refractivity contribution in [2.45, 2.75) is 79.1 Å². The van der Waals surface area contributed by atoms with Crippen molar-refractivity contribution in [3.8, 4) is 0 Å². The summed E-state index contributed by atoms with van der Waals surface area (Å²) >= 11 is 0. The molecule has 0 amide bonds. The fraction of sp³-hybridized carbons (Fsp3) is 1.00. The molecule has 0 bridgehead atoms. The summed E-state index contributed by atoms with van der Waals surface area (Å²) < 4.78 is 1.42. The monoisotopic (exact) mass is 438 g/mol. The van der Waals surface area contributed by atoms with Crippen LogP contribution in [-0.2, 0) is 17.1 Å². The molecule has 0 saturated heterocycles. The number of hydrogen-bond acceptors (Lipinski definition) is 0. The summed E-state index contributed by atoms with van der Waals surface area (Å²) in [6.45, 7) is 15.0. The van der Waals surface area contributed by atoms with Crippen molar-refractivity contribution in [3.63, 3.8) is 0 Å². The fourth-order valence-electron chi connectivity index (χ4n) is 2.64. The maximum Gasteiger partial charge on any atom is 3.00 e. The van der Waals surface area contributed by atoms with Crippen LogP contribution < -0.4 is 49.6 Å². The maximum absolute atomic E-state index is 2.33. The van der Waals surface area contributed by atoms with Gasteiger partial charge >= 0.3 is 17.1 Å².